The van der Waals surface area contributed by atoms with E-state index >= 15 is 0 Å². The average molecular weight is 290 g/mol. The molecule has 6 heteroatoms. The van der Waals surface area contributed by atoms with E-state index in [9.17, 15) is 13.2 Å². The van der Waals surface area contributed by atoms with Crippen LogP contribution in [0.4, 0.5) is 13.2 Å². The van der Waals surface area contributed by atoms with Gasteiger partial charge in [-0.2, -0.15) is 13.2 Å². The molecule has 1 heterocycles. The first kappa shape index (κ1) is 13.9. The minimum absolute atomic E-state index is 0.000349. The number of oxazole rings is 1. The lowest BCUT2D eigenvalue weighted by atomic mass is 10.1. The fraction of sp³-hybridized carbons (Fsp3) is 0.308. The van der Waals surface area contributed by atoms with Gasteiger partial charge >= 0.3 is 6.18 Å². The molecule has 0 aliphatic heterocycles. The molecule has 0 radical (unpaired) electrons. The molecule has 102 valence electrons. The molecule has 1 aromatic carbocycles. The van der Waals surface area contributed by atoms with Gasteiger partial charge in [-0.15, -0.1) is 11.6 Å². The number of hydrogen-bond donors (Lipinski definition) is 0. The molecule has 2 nitrogen and oxygen atoms in total. The van der Waals surface area contributed by atoms with Crippen LogP contribution in [0.2, 0.25) is 0 Å². The van der Waals surface area contributed by atoms with Crippen LogP contribution >= 0.6 is 11.6 Å². The molecule has 0 unspecified atom stereocenters. The molecule has 0 N–H and O–H groups in total. The molecule has 2 rings (SSSR count). The number of alkyl halides is 4. The van der Waals surface area contributed by atoms with Crippen LogP contribution in [0.5, 0.6) is 0 Å². The third-order valence-corrected chi connectivity index (χ3v) is 2.84. The van der Waals surface area contributed by atoms with Crippen molar-refractivity contribution in [2.45, 2.75) is 19.0 Å². The Balaban J connectivity index is 2.34. The third-order valence-electron chi connectivity index (χ3n) is 2.58. The number of aromatic nitrogens is 1. The highest BCUT2D eigenvalue weighted by molar-refractivity contribution is 6.17. The van der Waals surface area contributed by atoms with Crippen molar-refractivity contribution >= 4 is 11.6 Å². The molecule has 1 aromatic heterocycles. The van der Waals surface area contributed by atoms with Gasteiger partial charge in [0.25, 0.3) is 0 Å². The summed E-state index contributed by atoms with van der Waals surface area (Å²) in [5.41, 5.74) is -0.727. The third kappa shape index (κ3) is 3.29. The van der Waals surface area contributed by atoms with E-state index in [4.69, 9.17) is 16.0 Å². The Morgan fingerprint density at radius 1 is 1.21 bits per heavy atom. The van der Waals surface area contributed by atoms with E-state index in [-0.39, 0.29) is 11.3 Å². The van der Waals surface area contributed by atoms with Gasteiger partial charge in [-0.3, -0.25) is 0 Å². The average Bonchev–Trinajstić information content (AvgIpc) is 2.84. The lowest BCUT2D eigenvalue weighted by Gasteiger charge is -2.10. The van der Waals surface area contributed by atoms with Crippen LogP contribution in [0.25, 0.3) is 11.3 Å². The fourth-order valence-electron chi connectivity index (χ4n) is 1.71. The molecular formula is C13H11ClF3NO. The lowest BCUT2D eigenvalue weighted by molar-refractivity contribution is -0.137. The van der Waals surface area contributed by atoms with Crippen molar-refractivity contribution in [1.82, 2.24) is 4.98 Å². The van der Waals surface area contributed by atoms with E-state index < -0.39 is 11.7 Å². The first-order chi connectivity index (χ1) is 9.02. The first-order valence-corrected chi connectivity index (χ1v) is 6.23. The maximum Gasteiger partial charge on any atom is 0.417 e. The molecule has 0 bridgehead atoms. The van der Waals surface area contributed by atoms with Gasteiger partial charge in [0.2, 0.25) is 0 Å². The monoisotopic (exact) mass is 289 g/mol. The summed E-state index contributed by atoms with van der Waals surface area (Å²) in [6.07, 6.45) is -1.92. The summed E-state index contributed by atoms with van der Waals surface area (Å²) in [5, 5.41) is 0. The zero-order chi connectivity index (χ0) is 13.9. The standard InChI is InChI=1S/C13H11ClF3NO/c14-7-3-6-12-18-8-11(19-12)9-4-1-2-5-10(9)13(15,16)17/h1-2,4-5,8H,3,6-7H2. The van der Waals surface area contributed by atoms with E-state index in [0.29, 0.717) is 24.6 Å². The number of nitrogens with zero attached hydrogens (tertiary/aromatic N) is 1. The van der Waals surface area contributed by atoms with Crippen molar-refractivity contribution in [2.24, 2.45) is 0 Å². The molecule has 2 aromatic rings. The summed E-state index contributed by atoms with van der Waals surface area (Å²) in [5.74, 6) is 0.974. The zero-order valence-corrected chi connectivity index (χ0v) is 10.6. The maximum atomic E-state index is 12.9. The Morgan fingerprint density at radius 2 is 1.95 bits per heavy atom. The first-order valence-electron chi connectivity index (χ1n) is 5.69. The van der Waals surface area contributed by atoms with Gasteiger partial charge in [0, 0.05) is 17.9 Å². The summed E-state index contributed by atoms with van der Waals surface area (Å²) in [6, 6.07) is 5.27. The SMILES string of the molecule is FC(F)(F)c1ccccc1-c1cnc(CCCCl)o1. The molecule has 0 fully saturated rings. The molecule has 0 atom stereocenters. The molecule has 0 saturated carbocycles. The van der Waals surface area contributed by atoms with Gasteiger partial charge in [0.15, 0.2) is 11.7 Å². The predicted molar refractivity (Wildman–Crippen MR) is 66.0 cm³/mol. The topological polar surface area (TPSA) is 26.0 Å². The van der Waals surface area contributed by atoms with Crippen LogP contribution < -0.4 is 0 Å². The smallest absolute Gasteiger partial charge is 0.417 e. The van der Waals surface area contributed by atoms with Gasteiger partial charge < -0.3 is 4.42 Å². The summed E-state index contributed by atoms with van der Waals surface area (Å²) in [7, 11) is 0. The second kappa shape index (κ2) is 5.65. The van der Waals surface area contributed by atoms with E-state index in [1.54, 1.807) is 0 Å². The van der Waals surface area contributed by atoms with Crippen molar-refractivity contribution in [2.75, 3.05) is 5.88 Å². The fourth-order valence-corrected chi connectivity index (χ4v) is 1.85. The Labute approximate surface area is 113 Å². The zero-order valence-electron chi connectivity index (χ0n) is 9.88. The summed E-state index contributed by atoms with van der Waals surface area (Å²) < 4.78 is 43.9. The van der Waals surface area contributed by atoms with Crippen molar-refractivity contribution in [3.8, 4) is 11.3 Å². The second-order valence-electron chi connectivity index (χ2n) is 3.95. The summed E-state index contributed by atoms with van der Waals surface area (Å²) in [4.78, 5) is 3.96. The molecule has 0 saturated heterocycles. The molecule has 0 aliphatic carbocycles. The molecule has 0 amide bonds. The van der Waals surface area contributed by atoms with Crippen LogP contribution in [0.15, 0.2) is 34.9 Å². The van der Waals surface area contributed by atoms with Crippen molar-refractivity contribution < 1.29 is 17.6 Å². The highest BCUT2D eigenvalue weighted by Gasteiger charge is 2.34. The number of rotatable bonds is 4. The van der Waals surface area contributed by atoms with E-state index in [0.717, 1.165) is 6.07 Å². The van der Waals surface area contributed by atoms with E-state index in [2.05, 4.69) is 4.98 Å². The number of aryl methyl sites for hydroxylation is 1. The summed E-state index contributed by atoms with van der Waals surface area (Å²) >= 11 is 5.54. The van der Waals surface area contributed by atoms with Crippen LogP contribution in [0.3, 0.4) is 0 Å². The van der Waals surface area contributed by atoms with Crippen molar-refractivity contribution in [3.05, 3.63) is 41.9 Å². The van der Waals surface area contributed by atoms with Crippen LogP contribution in [-0.4, -0.2) is 10.9 Å². The highest BCUT2D eigenvalue weighted by Crippen LogP contribution is 2.37. The van der Waals surface area contributed by atoms with E-state index in [1.807, 2.05) is 0 Å². The van der Waals surface area contributed by atoms with Crippen molar-refractivity contribution in [1.29, 1.82) is 0 Å². The maximum absolute atomic E-state index is 12.9. The Hall–Kier alpha value is -1.49. The van der Waals surface area contributed by atoms with Crippen molar-refractivity contribution in [3.63, 3.8) is 0 Å². The Kier molecular flexibility index (Phi) is 4.14. The molecular weight excluding hydrogens is 279 g/mol. The Morgan fingerprint density at radius 3 is 2.63 bits per heavy atom. The van der Waals surface area contributed by atoms with Gasteiger partial charge in [-0.1, -0.05) is 18.2 Å². The molecule has 0 aliphatic rings. The van der Waals surface area contributed by atoms with Gasteiger partial charge in [-0.25, -0.2) is 4.98 Å². The number of benzene rings is 1. The summed E-state index contributed by atoms with van der Waals surface area (Å²) in [6.45, 7) is 0. The van der Waals surface area contributed by atoms with E-state index in [1.165, 1.54) is 24.4 Å². The quantitative estimate of drug-likeness (QED) is 0.773. The number of halogens is 4. The largest absolute Gasteiger partial charge is 0.441 e. The van der Waals surface area contributed by atoms with Gasteiger partial charge in [0.1, 0.15) is 0 Å². The van der Waals surface area contributed by atoms with Crippen LogP contribution in [-0.2, 0) is 12.6 Å². The van der Waals surface area contributed by atoms with Crippen LogP contribution in [0, 0.1) is 0 Å². The minimum Gasteiger partial charge on any atom is -0.441 e. The van der Waals surface area contributed by atoms with Gasteiger partial charge in [-0.05, 0) is 12.5 Å². The Bertz CT molecular complexity index is 551. The molecule has 0 spiro atoms. The predicted octanol–water partition coefficient (Wildman–Crippen LogP) is 4.53. The molecule has 19 heavy (non-hydrogen) atoms. The minimum atomic E-state index is -4.42. The van der Waals surface area contributed by atoms with Gasteiger partial charge in [0.05, 0.1) is 11.8 Å². The highest BCUT2D eigenvalue weighted by atomic mass is 35.5. The number of hydrogen-bond acceptors (Lipinski definition) is 2. The normalized spacial score (nSPS) is 11.8. The van der Waals surface area contributed by atoms with Crippen LogP contribution in [0.1, 0.15) is 17.9 Å². The second-order valence-corrected chi connectivity index (χ2v) is 4.33. The lowest BCUT2D eigenvalue weighted by Crippen LogP contribution is -2.06.